The van der Waals surface area contributed by atoms with Crippen molar-refractivity contribution in [2.45, 2.75) is 33.6 Å². The van der Waals surface area contributed by atoms with E-state index in [0.29, 0.717) is 5.92 Å². The molecule has 76 valence electrons. The first-order valence-electron chi connectivity index (χ1n) is 5.08. The number of rotatable bonds is 3. The maximum atomic E-state index is 11.0. The van der Waals surface area contributed by atoms with Gasteiger partial charge in [0.2, 0.25) is 0 Å². The summed E-state index contributed by atoms with van der Waals surface area (Å²) in [7, 11) is 0. The van der Waals surface area contributed by atoms with Crippen LogP contribution in [0.3, 0.4) is 0 Å². The lowest BCUT2D eigenvalue weighted by atomic mass is 9.86. The van der Waals surface area contributed by atoms with Crippen molar-refractivity contribution in [3.05, 3.63) is 34.9 Å². The third kappa shape index (κ3) is 2.22. The number of aryl methyl sites for hydroxylation is 2. The molecule has 0 spiro atoms. The van der Waals surface area contributed by atoms with E-state index < -0.39 is 0 Å². The van der Waals surface area contributed by atoms with Crippen LogP contribution in [0.5, 0.6) is 0 Å². The topological polar surface area (TPSA) is 17.1 Å². The molecule has 1 aromatic carbocycles. The van der Waals surface area contributed by atoms with Crippen LogP contribution >= 0.6 is 0 Å². The zero-order valence-corrected chi connectivity index (χ0v) is 9.37. The summed E-state index contributed by atoms with van der Waals surface area (Å²) in [5.74, 6) is 0.405. The Morgan fingerprint density at radius 2 is 1.86 bits per heavy atom. The van der Waals surface area contributed by atoms with E-state index in [2.05, 4.69) is 45.9 Å². The van der Waals surface area contributed by atoms with Crippen molar-refractivity contribution in [3.8, 4) is 0 Å². The third-order valence-electron chi connectivity index (χ3n) is 2.66. The lowest BCUT2D eigenvalue weighted by molar-refractivity contribution is -0.109. The van der Waals surface area contributed by atoms with Crippen LogP contribution < -0.4 is 0 Å². The van der Waals surface area contributed by atoms with Crippen LogP contribution in [0.15, 0.2) is 18.2 Å². The lowest BCUT2D eigenvalue weighted by Crippen LogP contribution is -2.09. The van der Waals surface area contributed by atoms with Crippen LogP contribution in [0.2, 0.25) is 0 Å². The van der Waals surface area contributed by atoms with Gasteiger partial charge < -0.3 is 4.79 Å². The number of benzene rings is 1. The fourth-order valence-electron chi connectivity index (χ4n) is 1.71. The minimum absolute atomic E-state index is 0.0369. The summed E-state index contributed by atoms with van der Waals surface area (Å²) in [6.45, 7) is 8.29. The molecule has 1 aromatic rings. The molecule has 14 heavy (non-hydrogen) atoms. The smallest absolute Gasteiger partial charge is 0.127 e. The molecule has 0 aliphatic rings. The van der Waals surface area contributed by atoms with Gasteiger partial charge in [-0.15, -0.1) is 0 Å². The monoisotopic (exact) mass is 190 g/mol. The van der Waals surface area contributed by atoms with Crippen LogP contribution in [0.4, 0.5) is 0 Å². The normalized spacial score (nSPS) is 12.9. The Bertz CT molecular complexity index is 326. The number of carbonyl (C=O) groups is 1. The summed E-state index contributed by atoms with van der Waals surface area (Å²) in [5.41, 5.74) is 3.61. The van der Waals surface area contributed by atoms with E-state index in [1.54, 1.807) is 0 Å². The van der Waals surface area contributed by atoms with E-state index in [4.69, 9.17) is 0 Å². The molecule has 0 saturated heterocycles. The van der Waals surface area contributed by atoms with Crippen molar-refractivity contribution in [1.29, 1.82) is 0 Å². The predicted molar refractivity (Wildman–Crippen MR) is 59.6 cm³/mol. The van der Waals surface area contributed by atoms with E-state index in [1.807, 2.05) is 0 Å². The molecular weight excluding hydrogens is 172 g/mol. The molecule has 0 aromatic heterocycles. The first-order valence-corrected chi connectivity index (χ1v) is 5.08. The maximum absolute atomic E-state index is 11.0. The summed E-state index contributed by atoms with van der Waals surface area (Å²) in [6.07, 6.45) is 1.06. The van der Waals surface area contributed by atoms with Gasteiger partial charge in [0.25, 0.3) is 0 Å². The van der Waals surface area contributed by atoms with Gasteiger partial charge in [-0.3, -0.25) is 0 Å². The van der Waals surface area contributed by atoms with Gasteiger partial charge in [0.1, 0.15) is 6.29 Å². The Morgan fingerprint density at radius 3 is 2.36 bits per heavy atom. The Morgan fingerprint density at radius 1 is 1.21 bits per heavy atom. The highest BCUT2D eigenvalue weighted by atomic mass is 16.1. The number of hydrogen-bond donors (Lipinski definition) is 0. The van der Waals surface area contributed by atoms with Crippen LogP contribution in [0.1, 0.15) is 36.5 Å². The van der Waals surface area contributed by atoms with E-state index >= 15 is 0 Å². The minimum atomic E-state index is 0.0369. The molecule has 1 heteroatoms. The largest absolute Gasteiger partial charge is 0.303 e. The van der Waals surface area contributed by atoms with Crippen molar-refractivity contribution in [2.24, 2.45) is 5.92 Å². The molecule has 0 aliphatic heterocycles. The highest BCUT2D eigenvalue weighted by Crippen LogP contribution is 2.25. The fourth-order valence-corrected chi connectivity index (χ4v) is 1.71. The van der Waals surface area contributed by atoms with Crippen molar-refractivity contribution < 1.29 is 4.79 Å². The van der Waals surface area contributed by atoms with E-state index in [9.17, 15) is 4.79 Å². The predicted octanol–water partition coefficient (Wildman–Crippen LogP) is 3.24. The first kappa shape index (κ1) is 11.0. The van der Waals surface area contributed by atoms with Crippen LogP contribution in [-0.4, -0.2) is 6.29 Å². The van der Waals surface area contributed by atoms with Gasteiger partial charge in [-0.05, 0) is 30.9 Å². The van der Waals surface area contributed by atoms with Crippen LogP contribution in [-0.2, 0) is 4.79 Å². The van der Waals surface area contributed by atoms with Crippen LogP contribution in [0, 0.1) is 19.8 Å². The Kier molecular flexibility index (Phi) is 3.45. The Labute approximate surface area is 86.1 Å². The minimum Gasteiger partial charge on any atom is -0.303 e. The molecule has 0 fully saturated rings. The molecule has 1 unspecified atom stereocenters. The number of carbonyl (C=O) groups excluding carboxylic acids is 1. The molecule has 1 atom stereocenters. The summed E-state index contributed by atoms with van der Waals surface area (Å²) < 4.78 is 0. The van der Waals surface area contributed by atoms with Crippen molar-refractivity contribution in [1.82, 2.24) is 0 Å². The van der Waals surface area contributed by atoms with E-state index in [0.717, 1.165) is 6.29 Å². The second-order valence-corrected chi connectivity index (χ2v) is 4.27. The highest BCUT2D eigenvalue weighted by Gasteiger charge is 2.16. The first-order chi connectivity index (χ1) is 6.56. The van der Waals surface area contributed by atoms with E-state index in [-0.39, 0.29) is 5.92 Å². The quantitative estimate of drug-likeness (QED) is 0.669. The lowest BCUT2D eigenvalue weighted by Gasteiger charge is -2.17. The average molecular weight is 190 g/mol. The van der Waals surface area contributed by atoms with Gasteiger partial charge in [-0.25, -0.2) is 0 Å². The number of aldehydes is 1. The zero-order chi connectivity index (χ0) is 10.7. The van der Waals surface area contributed by atoms with Crippen LogP contribution in [0.25, 0.3) is 0 Å². The van der Waals surface area contributed by atoms with Crippen molar-refractivity contribution in [2.75, 3.05) is 0 Å². The SMILES string of the molecule is Cc1ccc(C)c(C(C=O)C(C)C)c1. The molecule has 0 bridgehead atoms. The zero-order valence-electron chi connectivity index (χ0n) is 9.37. The van der Waals surface area contributed by atoms with Gasteiger partial charge >= 0.3 is 0 Å². The van der Waals surface area contributed by atoms with Crippen molar-refractivity contribution in [3.63, 3.8) is 0 Å². The second kappa shape index (κ2) is 4.41. The molecule has 1 rings (SSSR count). The molecule has 0 radical (unpaired) electrons. The Hall–Kier alpha value is -1.11. The molecule has 0 heterocycles. The van der Waals surface area contributed by atoms with E-state index in [1.165, 1.54) is 16.7 Å². The standard InChI is InChI=1S/C13H18O/c1-9(2)13(8-14)12-7-10(3)5-6-11(12)4/h5-9,13H,1-4H3. The number of hydrogen-bond acceptors (Lipinski definition) is 1. The molecule has 0 N–H and O–H groups in total. The van der Waals surface area contributed by atoms with Gasteiger partial charge in [0, 0.05) is 5.92 Å². The summed E-state index contributed by atoms with van der Waals surface area (Å²) >= 11 is 0. The second-order valence-electron chi connectivity index (χ2n) is 4.27. The van der Waals surface area contributed by atoms with Gasteiger partial charge in [-0.1, -0.05) is 37.6 Å². The summed E-state index contributed by atoms with van der Waals surface area (Å²) in [4.78, 5) is 11.0. The molecule has 1 nitrogen and oxygen atoms in total. The Balaban J connectivity index is 3.15. The summed E-state index contributed by atoms with van der Waals surface area (Å²) in [5, 5.41) is 0. The molecule has 0 amide bonds. The summed E-state index contributed by atoms with van der Waals surface area (Å²) in [6, 6.07) is 6.29. The maximum Gasteiger partial charge on any atom is 0.127 e. The van der Waals surface area contributed by atoms with Crippen molar-refractivity contribution >= 4 is 6.29 Å². The average Bonchev–Trinajstić information content (AvgIpc) is 2.11. The van der Waals surface area contributed by atoms with Gasteiger partial charge in [-0.2, -0.15) is 0 Å². The van der Waals surface area contributed by atoms with Gasteiger partial charge in [0.15, 0.2) is 0 Å². The molecular formula is C13H18O. The fraction of sp³-hybridized carbons (Fsp3) is 0.462. The molecule has 0 saturated carbocycles. The third-order valence-corrected chi connectivity index (χ3v) is 2.66. The van der Waals surface area contributed by atoms with Gasteiger partial charge in [0.05, 0.1) is 0 Å². The highest BCUT2D eigenvalue weighted by molar-refractivity contribution is 5.64. The molecule has 0 aliphatic carbocycles.